The van der Waals surface area contributed by atoms with Gasteiger partial charge in [0.25, 0.3) is 0 Å². The molecule has 2 N–H and O–H groups in total. The largest absolute Gasteiger partial charge is 0.369 e. The molecule has 0 aromatic heterocycles. The lowest BCUT2D eigenvalue weighted by Gasteiger charge is -2.29. The average Bonchev–Trinajstić information content (AvgIpc) is 2.99. The second-order valence-electron chi connectivity index (χ2n) is 7.74. The van der Waals surface area contributed by atoms with Crippen molar-refractivity contribution in [1.82, 2.24) is 15.5 Å². The van der Waals surface area contributed by atoms with Crippen LogP contribution in [0.15, 0.2) is 35.3 Å². The first-order valence-electron chi connectivity index (χ1n) is 8.81. The average molecular weight is 459 g/mol. The summed E-state index contributed by atoms with van der Waals surface area (Å²) in [6.07, 6.45) is 1.14. The Labute approximate surface area is 170 Å². The third kappa shape index (κ3) is 7.40. The predicted octanol–water partition coefficient (Wildman–Crippen LogP) is 2.64. The Bertz CT molecular complexity index is 530. The number of aliphatic imine (C=N–C) groups is 1. The quantitative estimate of drug-likeness (QED) is 0.390. The highest BCUT2D eigenvalue weighted by Gasteiger charge is 2.24. The Morgan fingerprint density at radius 3 is 2.56 bits per heavy atom. The molecule has 0 radical (unpaired) electrons. The van der Waals surface area contributed by atoms with Crippen LogP contribution in [0.4, 0.5) is 5.69 Å². The molecule has 0 spiro atoms. The normalized spacial score (nSPS) is 18.2. The molecule has 6 heteroatoms. The number of guanidine groups is 1. The van der Waals surface area contributed by atoms with Crippen LogP contribution in [0.5, 0.6) is 0 Å². The fourth-order valence-corrected chi connectivity index (χ4v) is 3.37. The predicted molar refractivity (Wildman–Crippen MR) is 119 cm³/mol. The first-order valence-corrected chi connectivity index (χ1v) is 8.81. The zero-order valence-corrected chi connectivity index (χ0v) is 18.6. The molecule has 1 fully saturated rings. The molecule has 142 valence electrons. The van der Waals surface area contributed by atoms with Crippen molar-refractivity contribution < 1.29 is 0 Å². The number of rotatable bonds is 6. The zero-order valence-electron chi connectivity index (χ0n) is 16.2. The molecule has 5 nitrogen and oxygen atoms in total. The van der Waals surface area contributed by atoms with Gasteiger partial charge in [-0.1, -0.05) is 32.0 Å². The summed E-state index contributed by atoms with van der Waals surface area (Å²) in [7, 11) is 6.08. The van der Waals surface area contributed by atoms with Crippen LogP contribution in [0.3, 0.4) is 0 Å². The van der Waals surface area contributed by atoms with E-state index in [2.05, 4.69) is 83.7 Å². The second-order valence-corrected chi connectivity index (χ2v) is 7.74. The van der Waals surface area contributed by atoms with Crippen molar-refractivity contribution in [3.05, 3.63) is 30.3 Å². The lowest BCUT2D eigenvalue weighted by atomic mass is 9.93. The van der Waals surface area contributed by atoms with E-state index in [0.717, 1.165) is 38.6 Å². The molecule has 1 saturated heterocycles. The molecule has 0 aliphatic carbocycles. The summed E-state index contributed by atoms with van der Waals surface area (Å²) in [5, 5.41) is 7.07. The molecule has 2 rings (SSSR count). The number of anilines is 1. The van der Waals surface area contributed by atoms with Crippen molar-refractivity contribution in [3.8, 4) is 0 Å². The number of nitrogens with zero attached hydrogens (tertiary/aromatic N) is 3. The summed E-state index contributed by atoms with van der Waals surface area (Å²) >= 11 is 0. The van der Waals surface area contributed by atoms with Gasteiger partial charge in [-0.3, -0.25) is 4.99 Å². The summed E-state index contributed by atoms with van der Waals surface area (Å²) in [5.41, 5.74) is 1.50. The Morgan fingerprint density at radius 1 is 1.28 bits per heavy atom. The van der Waals surface area contributed by atoms with E-state index in [1.165, 1.54) is 5.69 Å². The molecular formula is C19H34IN5. The van der Waals surface area contributed by atoms with Crippen LogP contribution < -0.4 is 15.5 Å². The van der Waals surface area contributed by atoms with E-state index in [1.807, 2.05) is 7.05 Å². The van der Waals surface area contributed by atoms with E-state index in [-0.39, 0.29) is 29.4 Å². The Kier molecular flexibility index (Phi) is 8.99. The molecular weight excluding hydrogens is 425 g/mol. The van der Waals surface area contributed by atoms with Crippen LogP contribution in [0.2, 0.25) is 0 Å². The number of hydrogen-bond acceptors (Lipinski definition) is 3. The Balaban J connectivity index is 0.00000312. The van der Waals surface area contributed by atoms with Crippen LogP contribution >= 0.6 is 24.0 Å². The summed E-state index contributed by atoms with van der Waals surface area (Å²) < 4.78 is 0. The minimum atomic E-state index is 0. The number of benzene rings is 1. The highest BCUT2D eigenvalue weighted by atomic mass is 127. The zero-order chi connectivity index (χ0) is 17.6. The van der Waals surface area contributed by atoms with Gasteiger partial charge in [0, 0.05) is 45.0 Å². The van der Waals surface area contributed by atoms with Crippen molar-refractivity contribution >= 4 is 35.6 Å². The second kappa shape index (κ2) is 10.2. The summed E-state index contributed by atoms with van der Waals surface area (Å²) in [5.74, 6) is 0.904. The summed E-state index contributed by atoms with van der Waals surface area (Å²) in [6.45, 7) is 8.61. The van der Waals surface area contributed by atoms with Crippen molar-refractivity contribution in [2.75, 3.05) is 52.2 Å². The lowest BCUT2D eigenvalue weighted by molar-refractivity contribution is 0.241. The van der Waals surface area contributed by atoms with Crippen LogP contribution in [0, 0.1) is 5.41 Å². The molecule has 0 amide bonds. The maximum Gasteiger partial charge on any atom is 0.191 e. The van der Waals surface area contributed by atoms with E-state index in [9.17, 15) is 0 Å². The van der Waals surface area contributed by atoms with Gasteiger partial charge in [-0.2, -0.15) is 0 Å². The van der Waals surface area contributed by atoms with Gasteiger partial charge in [0.2, 0.25) is 0 Å². The maximum absolute atomic E-state index is 4.39. The number of halogens is 1. The van der Waals surface area contributed by atoms with E-state index >= 15 is 0 Å². The van der Waals surface area contributed by atoms with Crippen LogP contribution in [-0.2, 0) is 0 Å². The molecule has 0 saturated carbocycles. The Hall–Kier alpha value is -1.02. The number of para-hydroxylation sites is 1. The highest BCUT2D eigenvalue weighted by molar-refractivity contribution is 14.0. The van der Waals surface area contributed by atoms with Crippen LogP contribution in [0.25, 0.3) is 0 Å². The van der Waals surface area contributed by atoms with E-state index in [1.54, 1.807) is 0 Å². The molecule has 1 aliphatic heterocycles. The fourth-order valence-electron chi connectivity index (χ4n) is 3.37. The fraction of sp³-hybridized carbons (Fsp3) is 0.632. The van der Waals surface area contributed by atoms with E-state index < -0.39 is 0 Å². The maximum atomic E-state index is 4.39. The molecule has 1 heterocycles. The van der Waals surface area contributed by atoms with Gasteiger partial charge in [0.15, 0.2) is 5.96 Å². The summed E-state index contributed by atoms with van der Waals surface area (Å²) in [6, 6.07) is 11.1. The lowest BCUT2D eigenvalue weighted by Crippen LogP contribution is -2.48. The van der Waals surface area contributed by atoms with E-state index in [0.29, 0.717) is 6.04 Å². The SMILES string of the molecule is CN=C(NCC(C)(C)CN(C)C)NC1CCN(c2ccccc2)C1.I. The van der Waals surface area contributed by atoms with Gasteiger partial charge in [0.1, 0.15) is 0 Å². The molecule has 1 aliphatic rings. The molecule has 1 aromatic carbocycles. The first kappa shape index (κ1) is 22.0. The minimum absolute atomic E-state index is 0. The number of nitrogens with one attached hydrogen (secondary N) is 2. The van der Waals surface area contributed by atoms with Gasteiger partial charge in [0.05, 0.1) is 0 Å². The third-order valence-electron chi connectivity index (χ3n) is 4.35. The van der Waals surface area contributed by atoms with Gasteiger partial charge in [-0.15, -0.1) is 24.0 Å². The first-order chi connectivity index (χ1) is 11.4. The van der Waals surface area contributed by atoms with E-state index in [4.69, 9.17) is 0 Å². The van der Waals surface area contributed by atoms with Crippen molar-refractivity contribution in [3.63, 3.8) is 0 Å². The van der Waals surface area contributed by atoms with Crippen LogP contribution in [-0.4, -0.2) is 64.2 Å². The molecule has 1 atom stereocenters. The van der Waals surface area contributed by atoms with Crippen LogP contribution in [0.1, 0.15) is 20.3 Å². The van der Waals surface area contributed by atoms with Gasteiger partial charge in [-0.25, -0.2) is 0 Å². The monoisotopic (exact) mass is 459 g/mol. The molecule has 1 unspecified atom stereocenters. The molecule has 0 bridgehead atoms. The summed E-state index contributed by atoms with van der Waals surface area (Å²) in [4.78, 5) is 9.05. The third-order valence-corrected chi connectivity index (χ3v) is 4.35. The smallest absolute Gasteiger partial charge is 0.191 e. The molecule has 25 heavy (non-hydrogen) atoms. The standard InChI is InChI=1S/C19H33N5.HI/c1-19(2,15-23(4)5)14-21-18(20-3)22-16-11-12-24(13-16)17-9-7-6-8-10-17;/h6-10,16H,11-15H2,1-5H3,(H2,20,21,22);1H. The minimum Gasteiger partial charge on any atom is -0.369 e. The topological polar surface area (TPSA) is 42.9 Å². The number of hydrogen-bond donors (Lipinski definition) is 2. The Morgan fingerprint density at radius 2 is 1.96 bits per heavy atom. The van der Waals surface area contributed by atoms with Gasteiger partial charge < -0.3 is 20.4 Å². The molecule has 1 aromatic rings. The highest BCUT2D eigenvalue weighted by Crippen LogP contribution is 2.19. The van der Waals surface area contributed by atoms with Crippen molar-refractivity contribution in [2.45, 2.75) is 26.3 Å². The van der Waals surface area contributed by atoms with Crippen molar-refractivity contribution in [2.24, 2.45) is 10.4 Å². The van der Waals surface area contributed by atoms with Crippen molar-refractivity contribution in [1.29, 1.82) is 0 Å². The van der Waals surface area contributed by atoms with Gasteiger partial charge >= 0.3 is 0 Å². The van der Waals surface area contributed by atoms with Gasteiger partial charge in [-0.05, 0) is 38.1 Å².